The van der Waals surface area contributed by atoms with Crippen LogP contribution in [-0.4, -0.2) is 41.5 Å². The molecule has 1 aliphatic rings. The number of hydrogen-bond acceptors (Lipinski definition) is 6. The van der Waals surface area contributed by atoms with Crippen molar-refractivity contribution < 1.29 is 4.79 Å². The minimum atomic E-state index is -0.273. The minimum absolute atomic E-state index is 0.241. The molecule has 1 unspecified atom stereocenters. The number of nitrogens with two attached hydrogens (primary N) is 1. The minimum Gasteiger partial charge on any atom is -0.368 e. The molecule has 3 heterocycles. The molecular weight excluding hydrogens is 292 g/mol. The summed E-state index contributed by atoms with van der Waals surface area (Å²) in [5, 5.41) is 10.4. The van der Waals surface area contributed by atoms with Gasteiger partial charge in [0.2, 0.25) is 5.91 Å². The maximum Gasteiger partial charge on any atom is 0.236 e. The normalized spacial score (nSPS) is 20.1. The van der Waals surface area contributed by atoms with Gasteiger partial charge in [-0.1, -0.05) is 0 Å². The van der Waals surface area contributed by atoms with E-state index in [1.165, 1.54) is 0 Å². The van der Waals surface area contributed by atoms with E-state index in [-0.39, 0.29) is 11.9 Å². The molecule has 1 fully saturated rings. The molecule has 1 amide bonds. The molecule has 1 atom stereocenters. The second-order valence-electron chi connectivity index (χ2n) is 4.75. The molecular formula is C13H16N4OS2. The molecule has 20 heavy (non-hydrogen) atoms. The van der Waals surface area contributed by atoms with Crippen molar-refractivity contribution in [2.75, 3.05) is 19.6 Å². The fraction of sp³-hybridized carbons (Fsp3) is 0.385. The van der Waals surface area contributed by atoms with E-state index in [0.29, 0.717) is 13.1 Å². The molecule has 3 rings (SSSR count). The Hall–Kier alpha value is -1.28. The average Bonchev–Trinajstić information content (AvgIpc) is 3.09. The number of carbonyl (C=O) groups is 1. The summed E-state index contributed by atoms with van der Waals surface area (Å²) in [6.45, 7) is 3.00. The number of rotatable bonds is 4. The zero-order chi connectivity index (χ0) is 13.9. The van der Waals surface area contributed by atoms with Crippen molar-refractivity contribution in [2.45, 2.75) is 12.6 Å². The van der Waals surface area contributed by atoms with Crippen LogP contribution in [-0.2, 0) is 11.3 Å². The van der Waals surface area contributed by atoms with Gasteiger partial charge in [0.15, 0.2) is 0 Å². The van der Waals surface area contributed by atoms with Crippen LogP contribution in [0.5, 0.6) is 0 Å². The summed E-state index contributed by atoms with van der Waals surface area (Å²) in [5.74, 6) is -0.273. The van der Waals surface area contributed by atoms with Crippen LogP contribution in [0.1, 0.15) is 5.69 Å². The van der Waals surface area contributed by atoms with E-state index < -0.39 is 0 Å². The second-order valence-corrected chi connectivity index (χ2v) is 6.39. The molecule has 2 aromatic heterocycles. The van der Waals surface area contributed by atoms with Crippen LogP contribution in [0.2, 0.25) is 0 Å². The van der Waals surface area contributed by atoms with E-state index in [9.17, 15) is 4.79 Å². The molecule has 0 spiro atoms. The van der Waals surface area contributed by atoms with E-state index in [1.54, 1.807) is 22.7 Å². The molecule has 7 heteroatoms. The number of thiazole rings is 1. The van der Waals surface area contributed by atoms with Gasteiger partial charge in [-0.25, -0.2) is 4.98 Å². The lowest BCUT2D eigenvalue weighted by Gasteiger charge is -2.33. The molecule has 0 saturated carbocycles. The highest BCUT2D eigenvalue weighted by molar-refractivity contribution is 7.14. The van der Waals surface area contributed by atoms with Crippen LogP contribution in [0.3, 0.4) is 0 Å². The third kappa shape index (κ3) is 2.90. The maximum atomic E-state index is 11.5. The first-order valence-electron chi connectivity index (χ1n) is 6.45. The Balaban J connectivity index is 1.72. The zero-order valence-electron chi connectivity index (χ0n) is 10.9. The van der Waals surface area contributed by atoms with Crippen LogP contribution in [0.4, 0.5) is 0 Å². The zero-order valence-corrected chi connectivity index (χ0v) is 12.5. The highest BCUT2D eigenvalue weighted by atomic mass is 32.1. The number of thiophene rings is 1. The number of aromatic nitrogens is 1. The number of amides is 1. The van der Waals surface area contributed by atoms with Crippen LogP contribution in [0.15, 0.2) is 22.2 Å². The van der Waals surface area contributed by atoms with Crippen molar-refractivity contribution in [1.82, 2.24) is 15.2 Å². The first-order chi connectivity index (χ1) is 9.74. The van der Waals surface area contributed by atoms with Crippen molar-refractivity contribution in [3.8, 4) is 10.6 Å². The molecule has 0 aliphatic carbocycles. The maximum absolute atomic E-state index is 11.5. The predicted octanol–water partition coefficient (Wildman–Crippen LogP) is 1.13. The largest absolute Gasteiger partial charge is 0.368 e. The van der Waals surface area contributed by atoms with E-state index in [0.717, 1.165) is 29.4 Å². The Bertz CT molecular complexity index is 581. The Morgan fingerprint density at radius 3 is 3.20 bits per heavy atom. The third-order valence-corrected chi connectivity index (χ3v) is 4.99. The molecule has 3 N–H and O–H groups in total. The quantitative estimate of drug-likeness (QED) is 0.888. The summed E-state index contributed by atoms with van der Waals surface area (Å²) in [5.41, 5.74) is 7.63. The van der Waals surface area contributed by atoms with Gasteiger partial charge in [-0.3, -0.25) is 9.69 Å². The molecule has 1 aliphatic heterocycles. The fourth-order valence-electron chi connectivity index (χ4n) is 2.32. The molecule has 5 nitrogen and oxygen atoms in total. The molecule has 0 radical (unpaired) electrons. The first-order valence-corrected chi connectivity index (χ1v) is 8.27. The number of piperazine rings is 1. The Labute approximate surface area is 125 Å². The number of primary amides is 1. The second kappa shape index (κ2) is 6.01. The standard InChI is InChI=1S/C13H16N4OS2/c14-12(18)11-5-15-2-3-17(11)6-10-8-20-13(16-10)9-1-4-19-7-9/h1,4,7-8,11,15H,2-3,5-6H2,(H2,14,18). The summed E-state index contributed by atoms with van der Waals surface area (Å²) < 4.78 is 0. The Morgan fingerprint density at radius 2 is 2.45 bits per heavy atom. The van der Waals surface area contributed by atoms with Gasteiger partial charge in [0.25, 0.3) is 0 Å². The highest BCUT2D eigenvalue weighted by Gasteiger charge is 2.27. The Morgan fingerprint density at radius 1 is 1.55 bits per heavy atom. The van der Waals surface area contributed by atoms with Crippen LogP contribution in [0, 0.1) is 0 Å². The summed E-state index contributed by atoms with van der Waals surface area (Å²) in [6.07, 6.45) is 0. The summed E-state index contributed by atoms with van der Waals surface area (Å²) in [6, 6.07) is 1.83. The molecule has 106 valence electrons. The van der Waals surface area contributed by atoms with Gasteiger partial charge < -0.3 is 11.1 Å². The fourth-order valence-corrected chi connectivity index (χ4v) is 3.85. The monoisotopic (exact) mass is 308 g/mol. The van der Waals surface area contributed by atoms with Crippen molar-refractivity contribution in [3.05, 3.63) is 27.9 Å². The van der Waals surface area contributed by atoms with Gasteiger partial charge in [-0.05, 0) is 11.4 Å². The SMILES string of the molecule is NC(=O)C1CNCCN1Cc1csc(-c2ccsc2)n1. The van der Waals surface area contributed by atoms with Gasteiger partial charge in [0.05, 0.1) is 5.69 Å². The molecule has 0 bridgehead atoms. The van der Waals surface area contributed by atoms with Crippen LogP contribution < -0.4 is 11.1 Å². The molecule has 2 aromatic rings. The van der Waals surface area contributed by atoms with E-state index in [1.807, 2.05) is 0 Å². The van der Waals surface area contributed by atoms with E-state index >= 15 is 0 Å². The van der Waals surface area contributed by atoms with Gasteiger partial charge in [-0.2, -0.15) is 11.3 Å². The average molecular weight is 308 g/mol. The number of nitrogens with zero attached hydrogens (tertiary/aromatic N) is 2. The summed E-state index contributed by atoms with van der Waals surface area (Å²) >= 11 is 3.31. The smallest absolute Gasteiger partial charge is 0.236 e. The van der Waals surface area contributed by atoms with Crippen LogP contribution >= 0.6 is 22.7 Å². The van der Waals surface area contributed by atoms with Crippen molar-refractivity contribution in [2.24, 2.45) is 5.73 Å². The van der Waals surface area contributed by atoms with Gasteiger partial charge >= 0.3 is 0 Å². The molecule has 1 saturated heterocycles. The highest BCUT2D eigenvalue weighted by Crippen LogP contribution is 2.26. The van der Waals surface area contributed by atoms with Crippen molar-refractivity contribution >= 4 is 28.6 Å². The lowest BCUT2D eigenvalue weighted by molar-refractivity contribution is -0.124. The van der Waals surface area contributed by atoms with Crippen LogP contribution in [0.25, 0.3) is 10.6 Å². The number of carbonyl (C=O) groups excluding carboxylic acids is 1. The molecule has 0 aromatic carbocycles. The topological polar surface area (TPSA) is 71.2 Å². The van der Waals surface area contributed by atoms with E-state index in [4.69, 9.17) is 5.73 Å². The Kier molecular flexibility index (Phi) is 4.11. The summed E-state index contributed by atoms with van der Waals surface area (Å²) in [7, 11) is 0. The third-order valence-electron chi connectivity index (χ3n) is 3.37. The van der Waals surface area contributed by atoms with Crippen molar-refractivity contribution in [3.63, 3.8) is 0 Å². The van der Waals surface area contributed by atoms with Gasteiger partial charge in [0, 0.05) is 42.5 Å². The van der Waals surface area contributed by atoms with Gasteiger partial charge in [0.1, 0.15) is 11.0 Å². The van der Waals surface area contributed by atoms with E-state index in [2.05, 4.69) is 37.4 Å². The lowest BCUT2D eigenvalue weighted by Crippen LogP contribution is -2.56. The number of hydrogen-bond donors (Lipinski definition) is 2. The first kappa shape index (κ1) is 13.7. The van der Waals surface area contributed by atoms with Crippen molar-refractivity contribution in [1.29, 1.82) is 0 Å². The summed E-state index contributed by atoms with van der Waals surface area (Å²) in [4.78, 5) is 18.2. The predicted molar refractivity (Wildman–Crippen MR) is 81.7 cm³/mol. The lowest BCUT2D eigenvalue weighted by atomic mass is 10.1. The number of nitrogens with one attached hydrogen (secondary N) is 1. The van der Waals surface area contributed by atoms with Gasteiger partial charge in [-0.15, -0.1) is 11.3 Å².